The van der Waals surface area contributed by atoms with Crippen molar-refractivity contribution in [1.29, 1.82) is 0 Å². The molecule has 4 N–H and O–H groups in total. The molecule has 1 unspecified atom stereocenters. The first-order chi connectivity index (χ1) is 8.09. The van der Waals surface area contributed by atoms with Crippen LogP contribution in [0.25, 0.3) is 0 Å². The second kappa shape index (κ2) is 4.85. The second-order valence-corrected chi connectivity index (χ2v) is 4.86. The third-order valence-electron chi connectivity index (χ3n) is 2.71. The quantitative estimate of drug-likeness (QED) is 0.894. The molecule has 0 bridgehead atoms. The van der Waals surface area contributed by atoms with Crippen molar-refractivity contribution in [3.05, 3.63) is 57.8 Å². The minimum Gasteiger partial charge on any atom is -0.398 e. The highest BCUT2D eigenvalue weighted by atomic mass is 79.9. The molecule has 0 amide bonds. The highest BCUT2D eigenvalue weighted by Gasteiger charge is 2.14. The van der Waals surface area contributed by atoms with Crippen molar-refractivity contribution < 1.29 is 0 Å². The van der Waals surface area contributed by atoms with E-state index in [2.05, 4.69) is 20.9 Å². The van der Waals surface area contributed by atoms with E-state index in [9.17, 15) is 0 Å². The predicted octanol–water partition coefficient (Wildman–Crippen LogP) is 2.78. The van der Waals surface area contributed by atoms with Crippen LogP contribution < -0.4 is 11.5 Å². The molecule has 1 aromatic carbocycles. The third kappa shape index (κ3) is 2.48. The molecule has 0 aliphatic rings. The summed E-state index contributed by atoms with van der Waals surface area (Å²) >= 11 is 3.53. The molecule has 17 heavy (non-hydrogen) atoms. The van der Waals surface area contributed by atoms with Gasteiger partial charge in [-0.15, -0.1) is 0 Å². The maximum atomic E-state index is 6.22. The zero-order valence-corrected chi connectivity index (χ0v) is 11.1. The van der Waals surface area contributed by atoms with Crippen molar-refractivity contribution in [3.8, 4) is 0 Å². The van der Waals surface area contributed by atoms with Crippen LogP contribution >= 0.6 is 15.9 Å². The molecule has 0 saturated heterocycles. The smallest absolute Gasteiger partial charge is 0.0598 e. The number of hydrogen-bond donors (Lipinski definition) is 2. The number of aromatic nitrogens is 1. The zero-order chi connectivity index (χ0) is 12.4. The lowest BCUT2D eigenvalue weighted by atomic mass is 9.99. The number of aryl methyl sites for hydroxylation is 1. The number of rotatable bonds is 2. The largest absolute Gasteiger partial charge is 0.398 e. The molecule has 4 heteroatoms. The number of nitrogens with two attached hydrogens (primary N) is 2. The summed E-state index contributed by atoms with van der Waals surface area (Å²) in [5, 5.41) is 0. The fourth-order valence-electron chi connectivity index (χ4n) is 1.73. The highest BCUT2D eigenvalue weighted by Crippen LogP contribution is 2.29. The van der Waals surface area contributed by atoms with E-state index in [0.717, 1.165) is 15.6 Å². The predicted molar refractivity (Wildman–Crippen MR) is 73.6 cm³/mol. The Morgan fingerprint density at radius 1 is 1.24 bits per heavy atom. The van der Waals surface area contributed by atoms with E-state index in [0.29, 0.717) is 5.69 Å². The molecule has 0 aliphatic heterocycles. The summed E-state index contributed by atoms with van der Waals surface area (Å²) in [7, 11) is 0. The molecular formula is C13H14BrN3. The highest BCUT2D eigenvalue weighted by molar-refractivity contribution is 9.10. The molecule has 2 aromatic rings. The van der Waals surface area contributed by atoms with Crippen LogP contribution in [0.4, 0.5) is 5.69 Å². The summed E-state index contributed by atoms with van der Waals surface area (Å²) in [4.78, 5) is 4.06. The van der Waals surface area contributed by atoms with Crippen LogP contribution in [0.1, 0.15) is 22.7 Å². The average Bonchev–Trinajstić information content (AvgIpc) is 2.29. The van der Waals surface area contributed by atoms with Crippen LogP contribution in [-0.4, -0.2) is 4.98 Å². The number of benzene rings is 1. The van der Waals surface area contributed by atoms with Crippen molar-refractivity contribution in [3.63, 3.8) is 0 Å². The van der Waals surface area contributed by atoms with E-state index in [1.165, 1.54) is 5.56 Å². The van der Waals surface area contributed by atoms with Gasteiger partial charge in [-0.2, -0.15) is 0 Å². The Morgan fingerprint density at radius 3 is 2.65 bits per heavy atom. The van der Waals surface area contributed by atoms with Crippen molar-refractivity contribution in [1.82, 2.24) is 4.98 Å². The molecule has 1 aromatic heterocycles. The van der Waals surface area contributed by atoms with E-state index in [4.69, 9.17) is 11.5 Å². The zero-order valence-electron chi connectivity index (χ0n) is 9.52. The van der Waals surface area contributed by atoms with Gasteiger partial charge in [0, 0.05) is 28.1 Å². The summed E-state index contributed by atoms with van der Waals surface area (Å²) < 4.78 is 0.994. The molecular weight excluding hydrogens is 278 g/mol. The fraction of sp³-hybridized carbons (Fsp3) is 0.154. The Balaban J connectivity index is 2.44. The maximum absolute atomic E-state index is 6.22. The van der Waals surface area contributed by atoms with Crippen molar-refractivity contribution in [2.75, 3.05) is 5.73 Å². The van der Waals surface area contributed by atoms with E-state index >= 15 is 0 Å². The van der Waals surface area contributed by atoms with E-state index < -0.39 is 0 Å². The number of pyridine rings is 1. The van der Waals surface area contributed by atoms with Gasteiger partial charge in [-0.1, -0.05) is 28.1 Å². The Bertz CT molecular complexity index is 540. The monoisotopic (exact) mass is 291 g/mol. The van der Waals surface area contributed by atoms with Gasteiger partial charge in [0.1, 0.15) is 0 Å². The van der Waals surface area contributed by atoms with Gasteiger partial charge < -0.3 is 11.5 Å². The summed E-state index contributed by atoms with van der Waals surface area (Å²) in [5.41, 5.74) is 15.8. The van der Waals surface area contributed by atoms with Crippen LogP contribution in [0.5, 0.6) is 0 Å². The number of nitrogen functional groups attached to an aromatic ring is 1. The minimum atomic E-state index is -0.265. The molecule has 0 aliphatic carbocycles. The lowest BCUT2D eigenvalue weighted by Crippen LogP contribution is -2.14. The topological polar surface area (TPSA) is 64.9 Å². The van der Waals surface area contributed by atoms with Crippen molar-refractivity contribution >= 4 is 21.6 Å². The molecule has 1 heterocycles. The van der Waals surface area contributed by atoms with Crippen LogP contribution in [0, 0.1) is 6.92 Å². The number of halogens is 1. The number of hydrogen-bond acceptors (Lipinski definition) is 3. The number of anilines is 1. The Labute approximate surface area is 109 Å². The maximum Gasteiger partial charge on any atom is 0.0598 e. The third-order valence-corrected chi connectivity index (χ3v) is 3.40. The van der Waals surface area contributed by atoms with E-state index in [1.807, 2.05) is 25.1 Å². The van der Waals surface area contributed by atoms with Gasteiger partial charge in [-0.05, 0) is 30.2 Å². The SMILES string of the molecule is Cc1ccc(C(N)c2cnccc2N)c(Br)c1. The van der Waals surface area contributed by atoms with Crippen molar-refractivity contribution in [2.24, 2.45) is 5.73 Å². The molecule has 0 spiro atoms. The second-order valence-electron chi connectivity index (χ2n) is 4.01. The lowest BCUT2D eigenvalue weighted by molar-refractivity contribution is 0.860. The molecule has 0 radical (unpaired) electrons. The van der Waals surface area contributed by atoms with Gasteiger partial charge in [0.25, 0.3) is 0 Å². The average molecular weight is 292 g/mol. The minimum absolute atomic E-state index is 0.265. The molecule has 2 rings (SSSR count). The van der Waals surface area contributed by atoms with Gasteiger partial charge >= 0.3 is 0 Å². The summed E-state index contributed by atoms with van der Waals surface area (Å²) in [6.45, 7) is 2.04. The van der Waals surface area contributed by atoms with Gasteiger partial charge in [0.05, 0.1) is 6.04 Å². The van der Waals surface area contributed by atoms with Gasteiger partial charge in [0.2, 0.25) is 0 Å². The Hall–Kier alpha value is -1.39. The summed E-state index contributed by atoms with van der Waals surface area (Å²) in [6.07, 6.45) is 3.38. The van der Waals surface area contributed by atoms with Crippen LogP contribution in [0.15, 0.2) is 41.1 Å². The first-order valence-corrected chi connectivity index (χ1v) is 6.10. The fourth-order valence-corrected chi connectivity index (χ4v) is 2.47. The first-order valence-electron chi connectivity index (χ1n) is 5.30. The van der Waals surface area contributed by atoms with Crippen LogP contribution in [0.3, 0.4) is 0 Å². The first kappa shape index (κ1) is 12.1. The molecule has 0 saturated carbocycles. The van der Waals surface area contributed by atoms with Crippen LogP contribution in [-0.2, 0) is 0 Å². The summed E-state index contributed by atoms with van der Waals surface area (Å²) in [6, 6.07) is 7.58. The lowest BCUT2D eigenvalue weighted by Gasteiger charge is -2.16. The van der Waals surface area contributed by atoms with Crippen molar-refractivity contribution in [2.45, 2.75) is 13.0 Å². The Kier molecular flexibility index (Phi) is 3.45. The van der Waals surface area contributed by atoms with Gasteiger partial charge in [0.15, 0.2) is 0 Å². The normalized spacial score (nSPS) is 12.4. The number of nitrogens with zero attached hydrogens (tertiary/aromatic N) is 1. The van der Waals surface area contributed by atoms with Crippen LogP contribution in [0.2, 0.25) is 0 Å². The molecule has 1 atom stereocenters. The molecule has 88 valence electrons. The molecule has 0 fully saturated rings. The van der Waals surface area contributed by atoms with Gasteiger partial charge in [-0.25, -0.2) is 0 Å². The molecule has 3 nitrogen and oxygen atoms in total. The standard InChI is InChI=1S/C13H14BrN3/c1-8-2-3-9(11(14)6-8)13(16)10-7-17-5-4-12(10)15/h2-7,13H,16H2,1H3,(H2,15,17). The van der Waals surface area contributed by atoms with E-state index in [-0.39, 0.29) is 6.04 Å². The summed E-state index contributed by atoms with van der Waals surface area (Å²) in [5.74, 6) is 0. The van der Waals surface area contributed by atoms with E-state index in [1.54, 1.807) is 18.5 Å². The Morgan fingerprint density at radius 2 is 2.00 bits per heavy atom. The van der Waals surface area contributed by atoms with Gasteiger partial charge in [-0.3, -0.25) is 4.98 Å².